The zero-order valence-corrected chi connectivity index (χ0v) is 24.9. The average Bonchev–Trinajstić information content (AvgIpc) is 3.42. The zero-order valence-electron chi connectivity index (χ0n) is 22.5. The summed E-state index contributed by atoms with van der Waals surface area (Å²) in [5, 5.41) is 16.2. The Balaban J connectivity index is 1.50. The van der Waals surface area contributed by atoms with Gasteiger partial charge in [0.1, 0.15) is 6.23 Å². The molecule has 3 unspecified atom stereocenters. The number of carboxylic acids is 1. The Labute approximate surface area is 245 Å². The predicted molar refractivity (Wildman–Crippen MR) is 161 cm³/mol. The Kier molecular flexibility index (Phi) is 11.1. The number of carboxylic acid groups (broad SMARTS) is 1. The molecule has 1 aliphatic carbocycles. The summed E-state index contributed by atoms with van der Waals surface area (Å²) in [5.41, 5.74) is 4.00. The third kappa shape index (κ3) is 8.41. The van der Waals surface area contributed by atoms with Crippen molar-refractivity contribution in [1.29, 1.82) is 0 Å². The fraction of sp³-hybridized carbons (Fsp3) is 0.467. The van der Waals surface area contributed by atoms with Gasteiger partial charge >= 0.3 is 5.97 Å². The van der Waals surface area contributed by atoms with Crippen LogP contribution in [-0.4, -0.2) is 36.3 Å². The van der Waals surface area contributed by atoms with E-state index >= 15 is 0 Å². The third-order valence-electron chi connectivity index (χ3n) is 7.60. The summed E-state index contributed by atoms with van der Waals surface area (Å²) < 4.78 is 5.54. The number of aliphatic carboxylic acids is 1. The van der Waals surface area contributed by atoms with Crippen LogP contribution >= 0.6 is 34.5 Å². The van der Waals surface area contributed by atoms with Gasteiger partial charge in [0, 0.05) is 37.7 Å². The van der Waals surface area contributed by atoms with Gasteiger partial charge in [0.2, 0.25) is 0 Å². The van der Waals surface area contributed by atoms with Gasteiger partial charge < -0.3 is 14.7 Å². The summed E-state index contributed by atoms with van der Waals surface area (Å²) in [5.74, 6) is 0.680. The highest BCUT2D eigenvalue weighted by Gasteiger charge is 2.23. The van der Waals surface area contributed by atoms with Crippen molar-refractivity contribution in [1.82, 2.24) is 10.3 Å². The number of methoxy groups -OCH3 is 1. The molecule has 4 rings (SSSR count). The minimum atomic E-state index is -0.833. The standard InChI is InChI=1S/C30H37Cl2N3O3S/c1-20-5-3-4-6-22(20)14-16-35(30-34-27(19-39-30)24-11-12-25(31)26(32)17-24)18-21-7-9-23(10-8-21)29(38-2)33-15-13-28(36)37/h7-12,17,19-20,22,29,33H,3-6,13-16,18H2,1-2H3,(H,36,37). The summed E-state index contributed by atoms with van der Waals surface area (Å²) in [6.07, 6.45) is 6.16. The van der Waals surface area contributed by atoms with E-state index in [1.807, 2.05) is 30.3 Å². The van der Waals surface area contributed by atoms with Gasteiger partial charge in [0.15, 0.2) is 5.13 Å². The molecule has 1 heterocycles. The number of aromatic nitrogens is 1. The molecule has 39 heavy (non-hydrogen) atoms. The number of ether oxygens (including phenoxy) is 1. The number of nitrogens with one attached hydrogen (secondary N) is 1. The van der Waals surface area contributed by atoms with Gasteiger partial charge in [0.05, 0.1) is 22.2 Å². The van der Waals surface area contributed by atoms with Gasteiger partial charge in [-0.3, -0.25) is 10.1 Å². The number of hydrogen-bond acceptors (Lipinski definition) is 6. The molecule has 0 amide bonds. The van der Waals surface area contributed by atoms with Crippen molar-refractivity contribution >= 4 is 45.6 Å². The monoisotopic (exact) mass is 589 g/mol. The molecule has 0 bridgehead atoms. The normalized spacial score (nSPS) is 18.2. The lowest BCUT2D eigenvalue weighted by Crippen LogP contribution is -2.28. The quantitative estimate of drug-likeness (QED) is 0.196. The number of anilines is 1. The molecule has 9 heteroatoms. The van der Waals surface area contributed by atoms with E-state index in [2.05, 4.69) is 34.7 Å². The Bertz CT molecular complexity index is 1220. The van der Waals surface area contributed by atoms with Crippen LogP contribution in [0.25, 0.3) is 11.3 Å². The molecule has 6 nitrogen and oxygen atoms in total. The second-order valence-electron chi connectivity index (χ2n) is 10.3. The van der Waals surface area contributed by atoms with Gasteiger partial charge in [-0.1, -0.05) is 86.1 Å². The smallest absolute Gasteiger partial charge is 0.304 e. The van der Waals surface area contributed by atoms with E-state index in [9.17, 15) is 4.79 Å². The first-order valence-electron chi connectivity index (χ1n) is 13.6. The largest absolute Gasteiger partial charge is 0.481 e. The minimum absolute atomic E-state index is 0.0462. The van der Waals surface area contributed by atoms with Crippen LogP contribution < -0.4 is 10.2 Å². The fourth-order valence-electron chi connectivity index (χ4n) is 5.25. The Morgan fingerprint density at radius 2 is 1.95 bits per heavy atom. The fourth-order valence-corrected chi connectivity index (χ4v) is 6.41. The second kappa shape index (κ2) is 14.5. The van der Waals surface area contributed by atoms with Gasteiger partial charge in [0.25, 0.3) is 0 Å². The van der Waals surface area contributed by atoms with Crippen molar-refractivity contribution in [3.63, 3.8) is 0 Å². The van der Waals surface area contributed by atoms with Crippen molar-refractivity contribution in [2.45, 2.75) is 58.2 Å². The molecular formula is C30H37Cl2N3O3S. The first kappa shape index (κ1) is 29.8. The van der Waals surface area contributed by atoms with Crippen LogP contribution in [-0.2, 0) is 16.1 Å². The van der Waals surface area contributed by atoms with Crippen molar-refractivity contribution in [3.05, 3.63) is 69.0 Å². The topological polar surface area (TPSA) is 74.7 Å². The molecular weight excluding hydrogens is 553 g/mol. The van der Waals surface area contributed by atoms with Gasteiger partial charge in [-0.2, -0.15) is 0 Å². The lowest BCUT2D eigenvalue weighted by atomic mass is 9.78. The molecule has 2 aromatic carbocycles. The van der Waals surface area contributed by atoms with E-state index in [0.29, 0.717) is 16.6 Å². The van der Waals surface area contributed by atoms with Crippen LogP contribution in [0.2, 0.25) is 10.0 Å². The summed E-state index contributed by atoms with van der Waals surface area (Å²) in [6, 6.07) is 14.0. The van der Waals surface area contributed by atoms with Crippen molar-refractivity contribution in [2.75, 3.05) is 25.1 Å². The summed E-state index contributed by atoms with van der Waals surface area (Å²) in [4.78, 5) is 18.2. The lowest BCUT2D eigenvalue weighted by molar-refractivity contribution is -0.137. The van der Waals surface area contributed by atoms with E-state index < -0.39 is 5.97 Å². The predicted octanol–water partition coefficient (Wildman–Crippen LogP) is 8.05. The van der Waals surface area contributed by atoms with Crippen molar-refractivity contribution in [2.24, 2.45) is 11.8 Å². The maximum absolute atomic E-state index is 10.9. The maximum atomic E-state index is 10.9. The van der Waals surface area contributed by atoms with Gasteiger partial charge in [-0.25, -0.2) is 4.98 Å². The highest BCUT2D eigenvalue weighted by Crippen LogP contribution is 2.35. The summed E-state index contributed by atoms with van der Waals surface area (Å²) in [7, 11) is 1.62. The van der Waals surface area contributed by atoms with Crippen LogP contribution in [0.5, 0.6) is 0 Å². The number of carbonyl (C=O) groups is 1. The van der Waals surface area contributed by atoms with E-state index in [1.165, 1.54) is 31.2 Å². The van der Waals surface area contributed by atoms with Crippen LogP contribution in [0.1, 0.15) is 62.8 Å². The molecule has 0 aliphatic heterocycles. The SMILES string of the molecule is COC(NCCC(=O)O)c1ccc(CN(CCC2CCCCC2C)c2nc(-c3ccc(Cl)c(Cl)c3)cs2)cc1. The highest BCUT2D eigenvalue weighted by molar-refractivity contribution is 7.14. The molecule has 3 atom stereocenters. The zero-order chi connectivity index (χ0) is 27.8. The maximum Gasteiger partial charge on any atom is 0.304 e. The molecule has 0 saturated heterocycles. The molecule has 3 aromatic rings. The molecule has 2 N–H and O–H groups in total. The molecule has 0 radical (unpaired) electrons. The molecule has 210 valence electrons. The number of halogens is 2. The minimum Gasteiger partial charge on any atom is -0.481 e. The number of nitrogens with zero attached hydrogens (tertiary/aromatic N) is 2. The summed E-state index contributed by atoms with van der Waals surface area (Å²) >= 11 is 14.0. The molecule has 1 fully saturated rings. The number of hydrogen-bond donors (Lipinski definition) is 2. The molecule has 0 spiro atoms. The van der Waals surface area contributed by atoms with E-state index in [4.69, 9.17) is 38.0 Å². The lowest BCUT2D eigenvalue weighted by Gasteiger charge is -2.31. The first-order chi connectivity index (χ1) is 18.8. The molecule has 1 aromatic heterocycles. The van der Waals surface area contributed by atoms with Crippen LogP contribution in [0, 0.1) is 11.8 Å². The number of thiazole rings is 1. The second-order valence-corrected chi connectivity index (χ2v) is 12.0. The Hall–Kier alpha value is -2.16. The van der Waals surface area contributed by atoms with Crippen molar-refractivity contribution < 1.29 is 14.6 Å². The molecule has 1 aliphatic rings. The van der Waals surface area contributed by atoms with E-state index in [0.717, 1.165) is 53.3 Å². The average molecular weight is 591 g/mol. The van der Waals surface area contributed by atoms with E-state index in [1.54, 1.807) is 18.4 Å². The number of benzene rings is 2. The molecule has 1 saturated carbocycles. The van der Waals surface area contributed by atoms with E-state index in [-0.39, 0.29) is 12.6 Å². The Morgan fingerprint density at radius 1 is 1.18 bits per heavy atom. The number of rotatable bonds is 13. The van der Waals surface area contributed by atoms with Gasteiger partial charge in [-0.15, -0.1) is 11.3 Å². The van der Waals surface area contributed by atoms with Gasteiger partial charge in [-0.05, 0) is 41.5 Å². The summed E-state index contributed by atoms with van der Waals surface area (Å²) in [6.45, 7) is 4.44. The Morgan fingerprint density at radius 3 is 2.64 bits per heavy atom. The van der Waals surface area contributed by atoms with Crippen molar-refractivity contribution in [3.8, 4) is 11.3 Å². The first-order valence-corrected chi connectivity index (χ1v) is 15.2. The highest BCUT2D eigenvalue weighted by atomic mass is 35.5. The van der Waals surface area contributed by atoms with Crippen LogP contribution in [0.4, 0.5) is 5.13 Å². The van der Waals surface area contributed by atoms with Crippen LogP contribution in [0.3, 0.4) is 0 Å². The third-order valence-corrected chi connectivity index (χ3v) is 9.24. The van der Waals surface area contributed by atoms with Crippen LogP contribution in [0.15, 0.2) is 47.8 Å².